The van der Waals surface area contributed by atoms with Gasteiger partial charge in [0.25, 0.3) is 0 Å². The highest BCUT2D eigenvalue weighted by Crippen LogP contribution is 2.14. The van der Waals surface area contributed by atoms with Crippen molar-refractivity contribution in [3.05, 3.63) is 158 Å². The van der Waals surface area contributed by atoms with Gasteiger partial charge in [-0.3, -0.25) is 14.4 Å². The second-order valence-corrected chi connectivity index (χ2v) is 19.9. The summed E-state index contributed by atoms with van der Waals surface area (Å²) in [4.78, 5) is 38.0. The van der Waals surface area contributed by atoms with E-state index < -0.39 is 12.1 Å². The van der Waals surface area contributed by atoms with Gasteiger partial charge in [-0.2, -0.15) is 0 Å². The first kappa shape index (κ1) is 72.0. The van der Waals surface area contributed by atoms with Gasteiger partial charge < -0.3 is 14.2 Å². The lowest BCUT2D eigenvalue weighted by atomic mass is 10.0. The SMILES string of the molecule is CC/C=C\C/C=C\C/C=C\C/C=C\C/C=C\C/C=C\C/C=C\CCCCCCCCCCCCCC(=O)OCC(COC(=O)CCCCCCCCC)OC(=O)CC/C=C\C/C=C\C/C=C\C/C=C\C/C=C\C/C=C\CC. The Labute approximate surface area is 473 Å². The summed E-state index contributed by atoms with van der Waals surface area (Å²) in [5.74, 6) is -1.01. The van der Waals surface area contributed by atoms with Crippen LogP contribution >= 0.6 is 0 Å². The fourth-order valence-electron chi connectivity index (χ4n) is 7.98. The van der Waals surface area contributed by atoms with Gasteiger partial charge in [0.15, 0.2) is 6.10 Å². The van der Waals surface area contributed by atoms with E-state index in [1.165, 1.54) is 83.5 Å². The summed E-state index contributed by atoms with van der Waals surface area (Å²) in [6, 6.07) is 0. The Morgan fingerprint density at radius 2 is 0.532 bits per heavy atom. The van der Waals surface area contributed by atoms with E-state index in [-0.39, 0.29) is 31.6 Å². The molecule has 0 aromatic carbocycles. The lowest BCUT2D eigenvalue weighted by molar-refractivity contribution is -0.166. The van der Waals surface area contributed by atoms with Crippen molar-refractivity contribution in [1.29, 1.82) is 0 Å². The first-order chi connectivity index (χ1) is 38.0. The molecule has 0 fully saturated rings. The molecule has 0 saturated carbocycles. The molecule has 0 aliphatic carbocycles. The Balaban J connectivity index is 4.21. The van der Waals surface area contributed by atoms with Crippen molar-refractivity contribution in [3.8, 4) is 0 Å². The van der Waals surface area contributed by atoms with Gasteiger partial charge in [-0.25, -0.2) is 0 Å². The number of ether oxygens (including phenoxy) is 3. The zero-order valence-corrected chi connectivity index (χ0v) is 49.4. The predicted molar refractivity (Wildman–Crippen MR) is 334 cm³/mol. The molecule has 0 saturated heterocycles. The molecule has 0 aromatic heterocycles. The molecule has 1 atom stereocenters. The summed E-state index contributed by atoms with van der Waals surface area (Å²) in [7, 11) is 0. The third-order valence-corrected chi connectivity index (χ3v) is 12.5. The number of carbonyl (C=O) groups is 3. The van der Waals surface area contributed by atoms with Crippen molar-refractivity contribution < 1.29 is 28.6 Å². The second kappa shape index (κ2) is 63.6. The van der Waals surface area contributed by atoms with Gasteiger partial charge in [-0.15, -0.1) is 0 Å². The maximum Gasteiger partial charge on any atom is 0.306 e. The van der Waals surface area contributed by atoms with Crippen LogP contribution < -0.4 is 0 Å². The maximum atomic E-state index is 12.8. The van der Waals surface area contributed by atoms with Gasteiger partial charge in [0.05, 0.1) is 0 Å². The van der Waals surface area contributed by atoms with Crippen LogP contribution in [-0.4, -0.2) is 37.2 Å². The number of esters is 3. The summed E-state index contributed by atoms with van der Waals surface area (Å²) in [5.41, 5.74) is 0. The normalized spacial score (nSPS) is 13.2. The van der Waals surface area contributed by atoms with Crippen molar-refractivity contribution in [1.82, 2.24) is 0 Å². The molecule has 0 N–H and O–H groups in total. The minimum atomic E-state index is -0.823. The molecule has 0 rings (SSSR count). The molecule has 77 heavy (non-hydrogen) atoms. The van der Waals surface area contributed by atoms with Crippen LogP contribution in [0.5, 0.6) is 0 Å². The van der Waals surface area contributed by atoms with E-state index in [1.54, 1.807) is 0 Å². The van der Waals surface area contributed by atoms with E-state index in [9.17, 15) is 14.4 Å². The molecule has 6 nitrogen and oxygen atoms in total. The highest BCUT2D eigenvalue weighted by Gasteiger charge is 2.19. The number of carbonyl (C=O) groups excluding carboxylic acids is 3. The van der Waals surface area contributed by atoms with Crippen molar-refractivity contribution in [2.24, 2.45) is 0 Å². The molecule has 0 aliphatic heterocycles. The molecule has 432 valence electrons. The predicted octanol–water partition coefficient (Wildman–Crippen LogP) is 21.3. The van der Waals surface area contributed by atoms with Crippen LogP contribution in [0.25, 0.3) is 0 Å². The lowest BCUT2D eigenvalue weighted by Gasteiger charge is -2.18. The molecule has 0 radical (unpaired) electrons. The van der Waals surface area contributed by atoms with Crippen molar-refractivity contribution in [2.45, 2.75) is 258 Å². The zero-order valence-electron chi connectivity index (χ0n) is 49.4. The Morgan fingerprint density at radius 3 is 0.844 bits per heavy atom. The summed E-state index contributed by atoms with van der Waals surface area (Å²) >= 11 is 0. The molecule has 0 bridgehead atoms. The molecule has 1 unspecified atom stereocenters. The van der Waals surface area contributed by atoms with E-state index in [1.807, 2.05) is 12.2 Å². The molecule has 0 amide bonds. The smallest absolute Gasteiger partial charge is 0.306 e. The van der Waals surface area contributed by atoms with E-state index in [4.69, 9.17) is 14.2 Å². The molecular weight excluding hydrogens is 949 g/mol. The van der Waals surface area contributed by atoms with Crippen LogP contribution in [0.1, 0.15) is 252 Å². The third-order valence-electron chi connectivity index (χ3n) is 12.5. The Morgan fingerprint density at radius 1 is 0.273 bits per heavy atom. The molecular formula is C71H112O6. The highest BCUT2D eigenvalue weighted by atomic mass is 16.6. The maximum absolute atomic E-state index is 12.8. The Kier molecular flexibility index (Phi) is 59.5. The van der Waals surface area contributed by atoms with Crippen LogP contribution in [0.15, 0.2) is 158 Å². The molecule has 0 spiro atoms. The van der Waals surface area contributed by atoms with Crippen LogP contribution in [0.3, 0.4) is 0 Å². The quantitative estimate of drug-likeness (QED) is 0.0261. The number of unbranched alkanes of at least 4 members (excludes halogenated alkanes) is 17. The first-order valence-electron chi connectivity index (χ1n) is 31.0. The summed E-state index contributed by atoms with van der Waals surface area (Å²) < 4.78 is 16.7. The number of hydrogen-bond donors (Lipinski definition) is 0. The minimum absolute atomic E-state index is 0.113. The standard InChI is InChI=1S/C71H112O6/c1-4-7-10-13-16-18-20-22-24-26-28-29-30-31-32-33-34-35-36-37-38-39-40-41-43-44-46-48-50-52-55-58-61-64-70(73)76-67-68(66-75-69(72)63-60-57-54-15-12-9-6-3)77-71(74)65-62-59-56-53-51-49-47-45-42-27-25-23-21-19-17-14-11-8-5-2/h7-8,10-11,16-19,22-25,28-29,31-32,34-35,37-38,42,45,49,51,56,59,68H,4-6,9,12-15,20-21,26-27,30,33,36,39-41,43-44,46-48,50,52-55,57-58,60-67H2,1-3H3/b10-7-,11-8-,18-16-,19-17-,24-22-,25-23-,29-28-,32-31-,35-34-,38-37-,45-42-,51-49-,59-56-. The van der Waals surface area contributed by atoms with Crippen LogP contribution in [-0.2, 0) is 28.6 Å². The Bertz CT molecular complexity index is 1740. The Hall–Kier alpha value is -4.97. The van der Waals surface area contributed by atoms with Crippen LogP contribution in [0.4, 0.5) is 0 Å². The number of rotatable bonds is 54. The van der Waals surface area contributed by atoms with Gasteiger partial charge in [0, 0.05) is 19.3 Å². The van der Waals surface area contributed by atoms with Crippen molar-refractivity contribution in [3.63, 3.8) is 0 Å². The van der Waals surface area contributed by atoms with Gasteiger partial charge in [-0.05, 0) is 116 Å². The summed E-state index contributed by atoms with van der Waals surface area (Å²) in [6.07, 6.45) is 92.9. The zero-order chi connectivity index (χ0) is 55.7. The van der Waals surface area contributed by atoms with Crippen molar-refractivity contribution >= 4 is 17.9 Å². The number of allylic oxidation sites excluding steroid dienone is 26. The fraction of sp³-hybridized carbons (Fsp3) is 0.592. The summed E-state index contributed by atoms with van der Waals surface area (Å²) in [6.45, 7) is 6.29. The third kappa shape index (κ3) is 61.8. The van der Waals surface area contributed by atoms with E-state index in [2.05, 4.69) is 167 Å². The van der Waals surface area contributed by atoms with Gasteiger partial charge in [0.1, 0.15) is 13.2 Å². The topological polar surface area (TPSA) is 78.9 Å². The number of hydrogen-bond acceptors (Lipinski definition) is 6. The average molecular weight is 1060 g/mol. The molecule has 0 heterocycles. The van der Waals surface area contributed by atoms with E-state index >= 15 is 0 Å². The van der Waals surface area contributed by atoms with Gasteiger partial charge in [-0.1, -0.05) is 275 Å². The van der Waals surface area contributed by atoms with E-state index in [0.29, 0.717) is 19.3 Å². The average Bonchev–Trinajstić information content (AvgIpc) is 3.43. The molecule has 0 aliphatic rings. The second-order valence-electron chi connectivity index (χ2n) is 19.9. The van der Waals surface area contributed by atoms with Crippen molar-refractivity contribution in [2.75, 3.05) is 13.2 Å². The molecule has 0 aromatic rings. The first-order valence-corrected chi connectivity index (χ1v) is 31.0. The van der Waals surface area contributed by atoms with E-state index in [0.717, 1.165) is 122 Å². The monoisotopic (exact) mass is 1060 g/mol. The van der Waals surface area contributed by atoms with Gasteiger partial charge >= 0.3 is 17.9 Å². The largest absolute Gasteiger partial charge is 0.462 e. The molecule has 6 heteroatoms. The highest BCUT2D eigenvalue weighted by molar-refractivity contribution is 5.71. The van der Waals surface area contributed by atoms with Gasteiger partial charge in [0.2, 0.25) is 0 Å². The fourth-order valence-corrected chi connectivity index (χ4v) is 7.98. The van der Waals surface area contributed by atoms with Crippen LogP contribution in [0, 0.1) is 0 Å². The summed E-state index contributed by atoms with van der Waals surface area (Å²) in [5, 5.41) is 0. The lowest BCUT2D eigenvalue weighted by Crippen LogP contribution is -2.30. The van der Waals surface area contributed by atoms with Crippen LogP contribution in [0.2, 0.25) is 0 Å². The minimum Gasteiger partial charge on any atom is -0.462 e.